The third-order valence-corrected chi connectivity index (χ3v) is 6.34. The molecule has 0 N–H and O–H groups in total. The fourth-order valence-electron chi connectivity index (χ4n) is 5.13. The summed E-state index contributed by atoms with van der Waals surface area (Å²) in [6.07, 6.45) is 5.67. The van der Waals surface area contributed by atoms with E-state index in [1.54, 1.807) is 0 Å². The number of allylic oxidation sites excluding steroid dienone is 2. The minimum absolute atomic E-state index is 0.0722. The molecule has 1 saturated heterocycles. The van der Waals surface area contributed by atoms with Gasteiger partial charge in [-0.15, -0.1) is 0 Å². The first-order chi connectivity index (χ1) is 10.7. The van der Waals surface area contributed by atoms with Gasteiger partial charge in [0.25, 0.3) is 0 Å². The smallest absolute Gasteiger partial charge is 0.234 e. The molecule has 2 amide bonds. The number of nitrogens with zero attached hydrogens (tertiary/aromatic N) is 1. The van der Waals surface area contributed by atoms with Crippen LogP contribution in [0, 0.1) is 42.4 Å². The molecule has 4 aliphatic carbocycles. The second-order valence-electron chi connectivity index (χ2n) is 7.34. The van der Waals surface area contributed by atoms with Crippen LogP contribution in [0.1, 0.15) is 17.5 Å². The zero-order valence-electron chi connectivity index (χ0n) is 12.6. The lowest BCUT2D eigenvalue weighted by Crippen LogP contribution is -2.40. The van der Waals surface area contributed by atoms with E-state index in [-0.39, 0.29) is 23.7 Å². The highest BCUT2D eigenvalue weighted by Gasteiger charge is 2.66. The van der Waals surface area contributed by atoms with Crippen molar-refractivity contribution in [3.8, 4) is 0 Å². The molecular formula is C19H19NO2. The van der Waals surface area contributed by atoms with Crippen molar-refractivity contribution in [3.05, 3.63) is 47.5 Å². The van der Waals surface area contributed by atoms with Crippen molar-refractivity contribution >= 4 is 11.8 Å². The van der Waals surface area contributed by atoms with Gasteiger partial charge < -0.3 is 0 Å². The van der Waals surface area contributed by atoms with Gasteiger partial charge >= 0.3 is 0 Å². The van der Waals surface area contributed by atoms with Gasteiger partial charge in [0.1, 0.15) is 0 Å². The molecule has 3 heteroatoms. The van der Waals surface area contributed by atoms with E-state index in [4.69, 9.17) is 0 Å². The number of benzene rings is 1. The van der Waals surface area contributed by atoms with Crippen LogP contribution in [0.25, 0.3) is 0 Å². The Morgan fingerprint density at radius 2 is 1.59 bits per heavy atom. The Labute approximate surface area is 130 Å². The summed E-state index contributed by atoms with van der Waals surface area (Å²) in [7, 11) is 0. The van der Waals surface area contributed by atoms with Crippen LogP contribution in [0.4, 0.5) is 0 Å². The topological polar surface area (TPSA) is 37.4 Å². The fourth-order valence-corrected chi connectivity index (χ4v) is 5.13. The number of aryl methyl sites for hydroxylation is 1. The zero-order valence-corrected chi connectivity index (χ0v) is 12.6. The molecule has 22 heavy (non-hydrogen) atoms. The molecule has 0 unspecified atom stereocenters. The van der Waals surface area contributed by atoms with Crippen molar-refractivity contribution in [2.45, 2.75) is 19.9 Å². The highest BCUT2D eigenvalue weighted by Crippen LogP contribution is 2.65. The summed E-state index contributed by atoms with van der Waals surface area (Å²) in [5.74, 6) is 1.98. The Bertz CT molecular complexity index is 686. The van der Waals surface area contributed by atoms with Crippen LogP contribution < -0.4 is 0 Å². The van der Waals surface area contributed by atoms with Gasteiger partial charge in [0.2, 0.25) is 11.8 Å². The average molecular weight is 293 g/mol. The number of hydrogen-bond donors (Lipinski definition) is 0. The van der Waals surface area contributed by atoms with Crippen LogP contribution in [-0.2, 0) is 16.1 Å². The monoisotopic (exact) mass is 293 g/mol. The lowest BCUT2D eigenvalue weighted by molar-refractivity contribution is -0.140. The summed E-state index contributed by atoms with van der Waals surface area (Å²) in [4.78, 5) is 27.3. The second kappa shape index (κ2) is 4.09. The average Bonchev–Trinajstić information content (AvgIpc) is 3.30. The molecule has 0 radical (unpaired) electrons. The predicted octanol–water partition coefficient (Wildman–Crippen LogP) is 2.55. The maximum atomic E-state index is 12.9. The van der Waals surface area contributed by atoms with Gasteiger partial charge in [-0.2, -0.15) is 0 Å². The minimum atomic E-state index is -0.0738. The van der Waals surface area contributed by atoms with E-state index in [1.165, 1.54) is 11.3 Å². The van der Waals surface area contributed by atoms with Crippen LogP contribution in [0.15, 0.2) is 36.4 Å². The SMILES string of the molecule is Cc1ccccc1CN1C(=O)[C@@H]2[C@H]3C=C[C@@H]([C@@H]4C[C@H]34)[C@@H]2C1=O. The number of carbonyl (C=O) groups excluding carboxylic acids is 2. The molecule has 112 valence electrons. The van der Waals surface area contributed by atoms with Gasteiger partial charge in [0.05, 0.1) is 18.4 Å². The Kier molecular flexibility index (Phi) is 2.35. The lowest BCUT2D eigenvalue weighted by Gasteiger charge is -2.37. The molecule has 0 aromatic heterocycles. The number of hydrogen-bond acceptors (Lipinski definition) is 2. The summed E-state index contributed by atoms with van der Waals surface area (Å²) in [5, 5.41) is 0. The molecule has 3 fully saturated rings. The van der Waals surface area contributed by atoms with Crippen molar-refractivity contribution < 1.29 is 9.59 Å². The van der Waals surface area contributed by atoms with Crippen molar-refractivity contribution in [1.29, 1.82) is 0 Å². The van der Waals surface area contributed by atoms with E-state index in [1.807, 2.05) is 31.2 Å². The molecule has 3 nitrogen and oxygen atoms in total. The predicted molar refractivity (Wildman–Crippen MR) is 81.4 cm³/mol. The Hall–Kier alpha value is -1.90. The largest absolute Gasteiger partial charge is 0.278 e. The molecule has 1 aromatic rings. The number of imide groups is 1. The zero-order chi connectivity index (χ0) is 15.0. The number of rotatable bonds is 2. The first-order valence-electron chi connectivity index (χ1n) is 8.25. The van der Waals surface area contributed by atoms with E-state index in [9.17, 15) is 9.59 Å². The molecule has 6 rings (SSSR count). The van der Waals surface area contributed by atoms with Crippen LogP contribution >= 0.6 is 0 Å². The second-order valence-corrected chi connectivity index (χ2v) is 7.34. The van der Waals surface area contributed by atoms with E-state index >= 15 is 0 Å². The maximum Gasteiger partial charge on any atom is 0.234 e. The fraction of sp³-hybridized carbons (Fsp3) is 0.474. The molecule has 2 saturated carbocycles. The van der Waals surface area contributed by atoms with Crippen LogP contribution in [0.3, 0.4) is 0 Å². The lowest BCUT2D eigenvalue weighted by atomic mass is 9.63. The summed E-state index contributed by atoms with van der Waals surface area (Å²) in [6, 6.07) is 8.01. The Morgan fingerprint density at radius 1 is 1.00 bits per heavy atom. The van der Waals surface area contributed by atoms with Crippen molar-refractivity contribution in [2.75, 3.05) is 0 Å². The first kappa shape index (κ1) is 12.6. The quantitative estimate of drug-likeness (QED) is 0.621. The van der Waals surface area contributed by atoms with Crippen LogP contribution in [0.2, 0.25) is 0 Å². The van der Waals surface area contributed by atoms with Crippen molar-refractivity contribution in [2.24, 2.45) is 35.5 Å². The van der Waals surface area contributed by atoms with E-state index in [0.29, 0.717) is 30.2 Å². The van der Waals surface area contributed by atoms with Crippen LogP contribution in [0.5, 0.6) is 0 Å². The third kappa shape index (κ3) is 1.47. The highest BCUT2D eigenvalue weighted by molar-refractivity contribution is 6.06. The van der Waals surface area contributed by atoms with Crippen molar-refractivity contribution in [3.63, 3.8) is 0 Å². The van der Waals surface area contributed by atoms with Crippen molar-refractivity contribution in [1.82, 2.24) is 4.90 Å². The maximum absolute atomic E-state index is 12.9. The van der Waals surface area contributed by atoms with Gasteiger partial charge in [-0.25, -0.2) is 0 Å². The third-order valence-electron chi connectivity index (χ3n) is 6.34. The van der Waals surface area contributed by atoms with E-state index < -0.39 is 0 Å². The van der Waals surface area contributed by atoms with Gasteiger partial charge in [-0.05, 0) is 48.1 Å². The van der Waals surface area contributed by atoms with Crippen LogP contribution in [-0.4, -0.2) is 16.7 Å². The van der Waals surface area contributed by atoms with Gasteiger partial charge in [-0.1, -0.05) is 36.4 Å². The van der Waals surface area contributed by atoms with Gasteiger partial charge in [0.15, 0.2) is 0 Å². The standard InChI is InChI=1S/C19H19NO2/c1-10-4-2-3-5-11(10)9-20-18(21)16-12-6-7-13(15-8-14(12)15)17(16)19(20)22/h2-7,12-17H,8-9H2,1H3/t12-,13-,14-,15+,16-,17+/m0/s1. The Balaban J connectivity index is 1.49. The molecule has 1 aliphatic heterocycles. The molecule has 1 aromatic carbocycles. The molecule has 2 bridgehead atoms. The molecular weight excluding hydrogens is 274 g/mol. The normalized spacial score (nSPS) is 40.9. The molecule has 1 heterocycles. The van der Waals surface area contributed by atoms with Gasteiger partial charge in [0, 0.05) is 0 Å². The summed E-state index contributed by atoms with van der Waals surface area (Å²) >= 11 is 0. The number of likely N-dealkylation sites (tertiary alicyclic amines) is 1. The molecule has 0 spiro atoms. The highest BCUT2D eigenvalue weighted by atomic mass is 16.2. The summed E-state index contributed by atoms with van der Waals surface area (Å²) < 4.78 is 0. The number of carbonyl (C=O) groups is 2. The number of amides is 2. The molecule has 6 atom stereocenters. The first-order valence-corrected chi connectivity index (χ1v) is 8.25. The van der Waals surface area contributed by atoms with Gasteiger partial charge in [-0.3, -0.25) is 14.5 Å². The molecule has 5 aliphatic rings. The van der Waals surface area contributed by atoms with E-state index in [2.05, 4.69) is 12.2 Å². The summed E-state index contributed by atoms with van der Waals surface area (Å²) in [6.45, 7) is 2.47. The Morgan fingerprint density at radius 3 is 2.18 bits per heavy atom. The van der Waals surface area contributed by atoms with E-state index in [0.717, 1.165) is 11.1 Å². The summed E-state index contributed by atoms with van der Waals surface area (Å²) in [5.41, 5.74) is 2.22. The minimum Gasteiger partial charge on any atom is -0.278 e.